The first-order valence-electron chi connectivity index (χ1n) is 10.0. The number of carbonyl (C=O) groups is 2. The molecule has 0 saturated heterocycles. The summed E-state index contributed by atoms with van der Waals surface area (Å²) in [5, 5.41) is 31.6. The Morgan fingerprint density at radius 2 is 1.52 bits per heavy atom. The number of aromatic hydroxyl groups is 1. The Hall–Kier alpha value is -3.43. The van der Waals surface area contributed by atoms with Gasteiger partial charge >= 0.3 is 11.9 Å². The number of aromatic carboxylic acids is 1. The van der Waals surface area contributed by atoms with Crippen molar-refractivity contribution in [3.63, 3.8) is 0 Å². The summed E-state index contributed by atoms with van der Waals surface area (Å²) in [5.41, 5.74) is 2.01. The summed E-state index contributed by atoms with van der Waals surface area (Å²) in [6.07, 6.45) is -1.17. The summed E-state index contributed by atoms with van der Waals surface area (Å²) < 4.78 is 6.51. The number of phenolic OH excluding ortho intramolecular Hbond substituents is 1. The van der Waals surface area contributed by atoms with E-state index in [1.807, 2.05) is 24.3 Å². The Morgan fingerprint density at radius 1 is 0.848 bits per heavy atom. The minimum Gasteiger partial charge on any atom is -0.508 e. The van der Waals surface area contributed by atoms with Gasteiger partial charge in [0.1, 0.15) is 18.5 Å². The van der Waals surface area contributed by atoms with E-state index in [9.17, 15) is 19.8 Å². The predicted octanol–water partition coefficient (Wildman–Crippen LogP) is 5.29. The summed E-state index contributed by atoms with van der Waals surface area (Å²) in [6, 6.07) is 21.5. The van der Waals surface area contributed by atoms with Gasteiger partial charge in [0, 0.05) is 9.13 Å². The second-order valence-corrected chi connectivity index (χ2v) is 8.75. The third-order valence-electron chi connectivity index (χ3n) is 5.27. The third kappa shape index (κ3) is 5.15. The van der Waals surface area contributed by atoms with E-state index < -0.39 is 18.0 Å². The smallest absolute Gasteiger partial charge is 0.338 e. The summed E-state index contributed by atoms with van der Waals surface area (Å²) in [6.45, 7) is 0.152. The lowest BCUT2D eigenvalue weighted by Crippen LogP contribution is -2.05. The van der Waals surface area contributed by atoms with E-state index in [4.69, 9.17) is 9.84 Å². The van der Waals surface area contributed by atoms with Gasteiger partial charge in [-0.2, -0.15) is 0 Å². The molecule has 4 aromatic carbocycles. The van der Waals surface area contributed by atoms with Crippen molar-refractivity contribution in [3.8, 4) is 5.75 Å². The lowest BCUT2D eigenvalue weighted by atomic mass is 9.96. The first-order valence-corrected chi connectivity index (χ1v) is 11.1. The van der Waals surface area contributed by atoms with Crippen molar-refractivity contribution in [3.05, 3.63) is 110 Å². The zero-order valence-electron chi connectivity index (χ0n) is 17.2. The Labute approximate surface area is 203 Å². The molecule has 0 saturated carbocycles. The SMILES string of the molecule is O=C(O)c1ccc(C(O)c2cc3cc(C(=O)OCc4ccc(I)cc4)ccc3cc2O)cc1. The Kier molecular flexibility index (Phi) is 6.62. The lowest BCUT2D eigenvalue weighted by molar-refractivity contribution is 0.0472. The topological polar surface area (TPSA) is 104 Å². The van der Waals surface area contributed by atoms with Crippen molar-refractivity contribution in [2.24, 2.45) is 0 Å². The molecule has 0 heterocycles. The van der Waals surface area contributed by atoms with Crippen LogP contribution in [0.4, 0.5) is 0 Å². The minimum atomic E-state index is -1.17. The molecular weight excluding hydrogens is 535 g/mol. The molecule has 33 heavy (non-hydrogen) atoms. The number of halogens is 1. The van der Waals surface area contributed by atoms with Gasteiger partial charge in [-0.1, -0.05) is 30.3 Å². The quantitative estimate of drug-likeness (QED) is 0.221. The number of fused-ring (bicyclic) bond motifs is 1. The van der Waals surface area contributed by atoms with Crippen LogP contribution < -0.4 is 0 Å². The number of benzene rings is 4. The normalized spacial score (nSPS) is 11.8. The average Bonchev–Trinajstić information content (AvgIpc) is 2.82. The largest absolute Gasteiger partial charge is 0.508 e. The highest BCUT2D eigenvalue weighted by Gasteiger charge is 2.17. The molecule has 166 valence electrons. The van der Waals surface area contributed by atoms with Crippen LogP contribution in [0.2, 0.25) is 0 Å². The number of ether oxygens (including phenoxy) is 1. The van der Waals surface area contributed by atoms with Crippen LogP contribution in [0.5, 0.6) is 5.75 Å². The molecule has 0 aliphatic carbocycles. The number of esters is 1. The second-order valence-electron chi connectivity index (χ2n) is 7.51. The fourth-order valence-electron chi connectivity index (χ4n) is 3.45. The van der Waals surface area contributed by atoms with Gasteiger partial charge < -0.3 is 20.1 Å². The van der Waals surface area contributed by atoms with E-state index in [-0.39, 0.29) is 23.5 Å². The average molecular weight is 554 g/mol. The van der Waals surface area contributed by atoms with Crippen molar-refractivity contribution in [1.29, 1.82) is 0 Å². The number of carboxylic acid groups (broad SMARTS) is 1. The van der Waals surface area contributed by atoms with Crippen molar-refractivity contribution >= 4 is 45.3 Å². The van der Waals surface area contributed by atoms with E-state index in [2.05, 4.69) is 22.6 Å². The zero-order chi connectivity index (χ0) is 23.5. The molecule has 0 spiro atoms. The summed E-state index contributed by atoms with van der Waals surface area (Å²) in [7, 11) is 0. The van der Waals surface area contributed by atoms with Gasteiger partial charge in [0.05, 0.1) is 11.1 Å². The zero-order valence-corrected chi connectivity index (χ0v) is 19.4. The number of phenols is 1. The van der Waals surface area contributed by atoms with Crippen molar-refractivity contribution in [2.45, 2.75) is 12.7 Å². The minimum absolute atomic E-state index is 0.0991. The van der Waals surface area contributed by atoms with Gasteiger partial charge in [-0.3, -0.25) is 0 Å². The maximum absolute atomic E-state index is 12.6. The van der Waals surface area contributed by atoms with E-state index >= 15 is 0 Å². The van der Waals surface area contributed by atoms with Crippen molar-refractivity contribution in [1.82, 2.24) is 0 Å². The number of hydrogen-bond acceptors (Lipinski definition) is 5. The first kappa shape index (κ1) is 22.8. The second kappa shape index (κ2) is 9.60. The molecule has 0 aromatic heterocycles. The Morgan fingerprint density at radius 3 is 2.18 bits per heavy atom. The summed E-state index contributed by atoms with van der Waals surface area (Å²) in [5.74, 6) is -1.65. The number of aliphatic hydroxyl groups is 1. The molecule has 7 heteroatoms. The molecule has 0 aliphatic heterocycles. The molecule has 0 aliphatic rings. The molecule has 1 atom stereocenters. The van der Waals surface area contributed by atoms with Crippen LogP contribution in [0.3, 0.4) is 0 Å². The van der Waals surface area contributed by atoms with Gasteiger partial charge in [-0.05, 0) is 93.0 Å². The fourth-order valence-corrected chi connectivity index (χ4v) is 3.81. The maximum Gasteiger partial charge on any atom is 0.338 e. The summed E-state index contributed by atoms with van der Waals surface area (Å²) in [4.78, 5) is 23.6. The molecule has 6 nitrogen and oxygen atoms in total. The number of carboxylic acids is 1. The molecular formula is C26H19IO6. The highest BCUT2D eigenvalue weighted by atomic mass is 127. The number of rotatable bonds is 6. The molecule has 0 radical (unpaired) electrons. The molecule has 4 rings (SSSR count). The van der Waals surface area contributed by atoms with Crippen LogP contribution in [-0.4, -0.2) is 27.3 Å². The van der Waals surface area contributed by atoms with Gasteiger partial charge in [-0.15, -0.1) is 0 Å². The van der Waals surface area contributed by atoms with E-state index in [1.54, 1.807) is 24.3 Å². The van der Waals surface area contributed by atoms with Crippen LogP contribution in [-0.2, 0) is 11.3 Å². The maximum atomic E-state index is 12.6. The highest BCUT2D eigenvalue weighted by molar-refractivity contribution is 14.1. The Balaban J connectivity index is 1.58. The van der Waals surface area contributed by atoms with E-state index in [0.29, 0.717) is 21.9 Å². The number of hydrogen-bond donors (Lipinski definition) is 3. The van der Waals surface area contributed by atoms with Crippen LogP contribution in [0.1, 0.15) is 43.5 Å². The van der Waals surface area contributed by atoms with Crippen molar-refractivity contribution in [2.75, 3.05) is 0 Å². The monoisotopic (exact) mass is 554 g/mol. The number of carbonyl (C=O) groups excluding carboxylic acids is 1. The van der Waals surface area contributed by atoms with E-state index in [1.165, 1.54) is 30.3 Å². The van der Waals surface area contributed by atoms with Crippen LogP contribution >= 0.6 is 22.6 Å². The molecule has 1 unspecified atom stereocenters. The molecule has 3 N–H and O–H groups in total. The first-order chi connectivity index (χ1) is 15.8. The third-order valence-corrected chi connectivity index (χ3v) is 5.99. The van der Waals surface area contributed by atoms with Crippen LogP contribution in [0.25, 0.3) is 10.8 Å². The predicted molar refractivity (Wildman–Crippen MR) is 131 cm³/mol. The number of aliphatic hydroxyl groups excluding tert-OH is 1. The lowest BCUT2D eigenvalue weighted by Gasteiger charge is -2.15. The van der Waals surface area contributed by atoms with Crippen molar-refractivity contribution < 1.29 is 29.6 Å². The molecule has 0 amide bonds. The van der Waals surface area contributed by atoms with Gasteiger partial charge in [-0.25, -0.2) is 9.59 Å². The molecule has 0 fully saturated rings. The highest BCUT2D eigenvalue weighted by Crippen LogP contribution is 2.33. The fraction of sp³-hybridized carbons (Fsp3) is 0.0769. The summed E-state index contributed by atoms with van der Waals surface area (Å²) >= 11 is 2.21. The molecule has 0 bridgehead atoms. The Bertz CT molecular complexity index is 1330. The van der Waals surface area contributed by atoms with Gasteiger partial charge in [0.25, 0.3) is 0 Å². The van der Waals surface area contributed by atoms with Crippen LogP contribution in [0, 0.1) is 3.57 Å². The van der Waals surface area contributed by atoms with Gasteiger partial charge in [0.2, 0.25) is 0 Å². The van der Waals surface area contributed by atoms with Gasteiger partial charge in [0.15, 0.2) is 0 Å². The molecule has 4 aromatic rings. The van der Waals surface area contributed by atoms with E-state index in [0.717, 1.165) is 9.13 Å². The standard InChI is InChI=1S/C26H19IO6/c27-21-9-1-15(2-10-21)14-33-26(32)19-8-7-18-13-23(28)22(12-20(18)11-19)24(29)16-3-5-17(6-4-16)25(30)31/h1-13,24,28-29H,14H2,(H,30,31). The van der Waals surface area contributed by atoms with Crippen LogP contribution in [0.15, 0.2) is 78.9 Å².